The molecule has 1 heterocycles. The summed E-state index contributed by atoms with van der Waals surface area (Å²) in [7, 11) is 0. The van der Waals surface area contributed by atoms with Crippen molar-refractivity contribution in [3.05, 3.63) is 0 Å². The van der Waals surface area contributed by atoms with Crippen LogP contribution in [-0.2, 0) is 0 Å². The van der Waals surface area contributed by atoms with Gasteiger partial charge in [-0.1, -0.05) is 47.0 Å². The maximum absolute atomic E-state index is 3.54. The van der Waals surface area contributed by atoms with Crippen molar-refractivity contribution in [2.75, 3.05) is 6.54 Å². The monoisotopic (exact) mass is 183 g/mol. The third-order valence-electron chi connectivity index (χ3n) is 3.39. The normalized spacial score (nSPS) is 27.2. The average Bonchev–Trinajstić information content (AvgIpc) is 2.78. The van der Waals surface area contributed by atoms with Crippen LogP contribution >= 0.6 is 0 Å². The summed E-state index contributed by atoms with van der Waals surface area (Å²) in [6, 6.07) is 0. The van der Waals surface area contributed by atoms with Crippen molar-refractivity contribution in [3.8, 4) is 0 Å². The number of rotatable bonds is 6. The van der Waals surface area contributed by atoms with E-state index in [1.165, 1.54) is 32.2 Å². The molecule has 1 aliphatic heterocycles. The SMILES string of the molecule is CC(C)CCCCC1(C(C)C)CN1. The van der Waals surface area contributed by atoms with Crippen LogP contribution < -0.4 is 5.32 Å². The highest BCUT2D eigenvalue weighted by molar-refractivity contribution is 5.05. The lowest BCUT2D eigenvalue weighted by Gasteiger charge is -2.17. The number of nitrogens with one attached hydrogen (secondary N) is 1. The number of hydrogen-bond acceptors (Lipinski definition) is 1. The standard InChI is InChI=1S/C12H25N/c1-10(2)7-5-6-8-12(9-13-12)11(3)4/h10-11,13H,5-9H2,1-4H3. The molecule has 0 aromatic carbocycles. The van der Waals surface area contributed by atoms with E-state index in [1.807, 2.05) is 0 Å². The molecular weight excluding hydrogens is 158 g/mol. The molecule has 0 aromatic rings. The fourth-order valence-electron chi connectivity index (χ4n) is 1.98. The minimum atomic E-state index is 0.539. The zero-order chi connectivity index (χ0) is 9.90. The molecule has 0 amide bonds. The summed E-state index contributed by atoms with van der Waals surface area (Å²) < 4.78 is 0. The fraction of sp³-hybridized carbons (Fsp3) is 1.00. The lowest BCUT2D eigenvalue weighted by molar-refractivity contribution is 0.398. The van der Waals surface area contributed by atoms with E-state index in [-0.39, 0.29) is 0 Å². The van der Waals surface area contributed by atoms with Gasteiger partial charge in [0, 0.05) is 12.1 Å². The third-order valence-corrected chi connectivity index (χ3v) is 3.39. The molecule has 1 fully saturated rings. The highest BCUT2D eigenvalue weighted by atomic mass is 15.2. The Morgan fingerprint density at radius 3 is 2.15 bits per heavy atom. The second-order valence-corrected chi connectivity index (χ2v) is 5.30. The van der Waals surface area contributed by atoms with E-state index in [1.54, 1.807) is 0 Å². The first-order valence-corrected chi connectivity index (χ1v) is 5.82. The number of hydrogen-bond donors (Lipinski definition) is 1. The molecule has 13 heavy (non-hydrogen) atoms. The lowest BCUT2D eigenvalue weighted by atomic mass is 9.89. The van der Waals surface area contributed by atoms with Gasteiger partial charge in [0.2, 0.25) is 0 Å². The van der Waals surface area contributed by atoms with Gasteiger partial charge in [0.05, 0.1) is 0 Å². The first kappa shape index (κ1) is 11.0. The van der Waals surface area contributed by atoms with Gasteiger partial charge < -0.3 is 5.32 Å². The molecular formula is C12H25N. The molecule has 0 saturated carbocycles. The minimum Gasteiger partial charge on any atom is -0.308 e. The van der Waals surface area contributed by atoms with Crippen LogP contribution in [0.4, 0.5) is 0 Å². The predicted octanol–water partition coefficient (Wildman–Crippen LogP) is 3.20. The van der Waals surface area contributed by atoms with E-state index in [0.29, 0.717) is 5.54 Å². The summed E-state index contributed by atoms with van der Waals surface area (Å²) in [6.45, 7) is 10.6. The molecule has 1 saturated heterocycles. The molecule has 1 aliphatic rings. The first-order valence-electron chi connectivity index (χ1n) is 5.82. The van der Waals surface area contributed by atoms with Crippen molar-refractivity contribution in [2.45, 2.75) is 58.9 Å². The van der Waals surface area contributed by atoms with Crippen molar-refractivity contribution in [1.29, 1.82) is 0 Å². The summed E-state index contributed by atoms with van der Waals surface area (Å²) in [5, 5.41) is 3.54. The Bertz CT molecular complexity index is 145. The van der Waals surface area contributed by atoms with Crippen LogP contribution in [0.1, 0.15) is 53.4 Å². The summed E-state index contributed by atoms with van der Waals surface area (Å²) in [4.78, 5) is 0. The Labute approximate surface area is 83.3 Å². The summed E-state index contributed by atoms with van der Waals surface area (Å²) in [5.41, 5.74) is 0.539. The molecule has 0 spiro atoms. The van der Waals surface area contributed by atoms with Crippen LogP contribution in [-0.4, -0.2) is 12.1 Å². The van der Waals surface area contributed by atoms with Gasteiger partial charge in [-0.3, -0.25) is 0 Å². The van der Waals surface area contributed by atoms with Gasteiger partial charge in [0.15, 0.2) is 0 Å². The van der Waals surface area contributed by atoms with Gasteiger partial charge in [0.1, 0.15) is 0 Å². The van der Waals surface area contributed by atoms with Crippen LogP contribution in [0.2, 0.25) is 0 Å². The Morgan fingerprint density at radius 2 is 1.77 bits per heavy atom. The van der Waals surface area contributed by atoms with E-state index < -0.39 is 0 Å². The molecule has 0 radical (unpaired) electrons. The predicted molar refractivity (Wildman–Crippen MR) is 58.9 cm³/mol. The lowest BCUT2D eigenvalue weighted by Crippen LogP contribution is -2.22. The Hall–Kier alpha value is -0.0400. The van der Waals surface area contributed by atoms with Crippen molar-refractivity contribution < 1.29 is 0 Å². The first-order chi connectivity index (χ1) is 6.07. The van der Waals surface area contributed by atoms with Crippen molar-refractivity contribution in [2.24, 2.45) is 11.8 Å². The molecule has 1 heteroatoms. The van der Waals surface area contributed by atoms with Gasteiger partial charge in [-0.2, -0.15) is 0 Å². The van der Waals surface area contributed by atoms with Crippen LogP contribution in [0.5, 0.6) is 0 Å². The largest absolute Gasteiger partial charge is 0.308 e. The minimum absolute atomic E-state index is 0.539. The van der Waals surface area contributed by atoms with Crippen molar-refractivity contribution >= 4 is 0 Å². The van der Waals surface area contributed by atoms with Crippen LogP contribution in [0.3, 0.4) is 0 Å². The molecule has 0 aromatic heterocycles. The van der Waals surface area contributed by atoms with Gasteiger partial charge in [0.25, 0.3) is 0 Å². The average molecular weight is 183 g/mol. The van der Waals surface area contributed by atoms with Crippen LogP contribution in [0, 0.1) is 11.8 Å². The Morgan fingerprint density at radius 1 is 1.15 bits per heavy atom. The third kappa shape index (κ3) is 3.30. The van der Waals surface area contributed by atoms with Crippen LogP contribution in [0.15, 0.2) is 0 Å². The number of unbranched alkanes of at least 4 members (excludes halogenated alkanes) is 1. The van der Waals surface area contributed by atoms with Gasteiger partial charge in [-0.25, -0.2) is 0 Å². The quantitative estimate of drug-likeness (QED) is 0.496. The highest BCUT2D eigenvalue weighted by Gasteiger charge is 2.43. The van der Waals surface area contributed by atoms with Crippen LogP contribution in [0.25, 0.3) is 0 Å². The molecule has 1 rings (SSSR count). The fourth-order valence-corrected chi connectivity index (χ4v) is 1.98. The van der Waals surface area contributed by atoms with Crippen molar-refractivity contribution in [1.82, 2.24) is 5.32 Å². The summed E-state index contributed by atoms with van der Waals surface area (Å²) in [5.74, 6) is 1.69. The molecule has 78 valence electrons. The second kappa shape index (κ2) is 4.45. The molecule has 1 nitrogen and oxygen atoms in total. The van der Waals surface area contributed by atoms with Gasteiger partial charge >= 0.3 is 0 Å². The second-order valence-electron chi connectivity index (χ2n) is 5.30. The molecule has 1 N–H and O–H groups in total. The van der Waals surface area contributed by atoms with E-state index in [2.05, 4.69) is 33.0 Å². The Kier molecular flexibility index (Phi) is 3.78. The molecule has 0 aliphatic carbocycles. The molecule has 0 bridgehead atoms. The molecule has 1 atom stereocenters. The topological polar surface area (TPSA) is 21.9 Å². The smallest absolute Gasteiger partial charge is 0.0330 e. The summed E-state index contributed by atoms with van der Waals surface area (Å²) in [6.07, 6.45) is 5.60. The summed E-state index contributed by atoms with van der Waals surface area (Å²) >= 11 is 0. The van der Waals surface area contributed by atoms with Crippen molar-refractivity contribution in [3.63, 3.8) is 0 Å². The Balaban J connectivity index is 2.06. The zero-order valence-electron chi connectivity index (χ0n) is 9.69. The van der Waals surface area contributed by atoms with E-state index in [9.17, 15) is 0 Å². The highest BCUT2D eigenvalue weighted by Crippen LogP contribution is 2.32. The van der Waals surface area contributed by atoms with Gasteiger partial charge in [-0.15, -0.1) is 0 Å². The zero-order valence-corrected chi connectivity index (χ0v) is 9.69. The maximum atomic E-state index is 3.54. The molecule has 1 unspecified atom stereocenters. The maximum Gasteiger partial charge on any atom is 0.0330 e. The van der Waals surface area contributed by atoms with E-state index in [0.717, 1.165) is 11.8 Å². The van der Waals surface area contributed by atoms with E-state index >= 15 is 0 Å². The van der Waals surface area contributed by atoms with E-state index in [4.69, 9.17) is 0 Å². The van der Waals surface area contributed by atoms with Gasteiger partial charge in [-0.05, 0) is 18.3 Å².